The summed E-state index contributed by atoms with van der Waals surface area (Å²) >= 11 is 0. The molecule has 0 unspecified atom stereocenters. The third-order valence-electron chi connectivity index (χ3n) is 3.63. The van der Waals surface area contributed by atoms with E-state index in [9.17, 15) is 9.90 Å². The van der Waals surface area contributed by atoms with E-state index in [1.807, 2.05) is 29.7 Å². The molecule has 124 valence electrons. The van der Waals surface area contributed by atoms with E-state index in [2.05, 4.69) is 10.3 Å². The van der Waals surface area contributed by atoms with Crippen molar-refractivity contribution in [3.63, 3.8) is 0 Å². The Kier molecular flexibility index (Phi) is 4.37. The zero-order valence-electron chi connectivity index (χ0n) is 13.6. The van der Waals surface area contributed by atoms with Crippen molar-refractivity contribution in [2.45, 2.75) is 13.8 Å². The molecule has 0 spiro atoms. The van der Waals surface area contributed by atoms with Gasteiger partial charge < -0.3 is 15.2 Å². The number of carbonyl (C=O) groups excluding carboxylic acids is 1. The van der Waals surface area contributed by atoms with E-state index in [4.69, 9.17) is 4.74 Å². The highest BCUT2D eigenvalue weighted by Gasteiger charge is 2.15. The first-order chi connectivity index (χ1) is 11.6. The number of ether oxygens (including phenoxy) is 1. The number of aryl methyl sites for hydroxylation is 1. The van der Waals surface area contributed by atoms with Crippen molar-refractivity contribution in [2.24, 2.45) is 0 Å². The second-order valence-electron chi connectivity index (χ2n) is 5.45. The van der Waals surface area contributed by atoms with Crippen LogP contribution in [0.4, 0.5) is 5.82 Å². The Morgan fingerprint density at radius 3 is 2.75 bits per heavy atom. The fourth-order valence-electron chi connectivity index (χ4n) is 2.50. The van der Waals surface area contributed by atoms with Gasteiger partial charge in [-0.25, -0.2) is 4.98 Å². The molecule has 2 aromatic heterocycles. The van der Waals surface area contributed by atoms with Gasteiger partial charge in [0.1, 0.15) is 29.5 Å². The van der Waals surface area contributed by atoms with Gasteiger partial charge in [0.25, 0.3) is 0 Å². The summed E-state index contributed by atoms with van der Waals surface area (Å²) in [6.07, 6.45) is 1.91. The molecule has 0 saturated heterocycles. The number of anilines is 1. The molecule has 2 N–H and O–H groups in total. The lowest BCUT2D eigenvalue weighted by Gasteiger charge is -2.08. The molecule has 2 heterocycles. The number of fused-ring (bicyclic) bond motifs is 1. The van der Waals surface area contributed by atoms with Crippen LogP contribution in [0.25, 0.3) is 16.9 Å². The number of aromatic nitrogens is 2. The predicted molar refractivity (Wildman–Crippen MR) is 92.2 cm³/mol. The first kappa shape index (κ1) is 15.9. The highest BCUT2D eigenvalue weighted by Crippen LogP contribution is 2.30. The Morgan fingerprint density at radius 1 is 1.29 bits per heavy atom. The third kappa shape index (κ3) is 3.17. The van der Waals surface area contributed by atoms with Gasteiger partial charge in [-0.1, -0.05) is 0 Å². The van der Waals surface area contributed by atoms with Gasteiger partial charge in [-0.3, -0.25) is 9.20 Å². The van der Waals surface area contributed by atoms with Gasteiger partial charge in [-0.15, -0.1) is 0 Å². The lowest BCUT2D eigenvalue weighted by atomic mass is 10.1. The summed E-state index contributed by atoms with van der Waals surface area (Å²) in [4.78, 5) is 16.3. The van der Waals surface area contributed by atoms with Crippen LogP contribution < -0.4 is 5.32 Å². The SMILES string of the molecule is CCOC(=O)CNc1c(-c2ccc(O)cc2)nc2cc(C)ccn12. The van der Waals surface area contributed by atoms with Crippen LogP contribution in [0.1, 0.15) is 12.5 Å². The van der Waals surface area contributed by atoms with Gasteiger partial charge in [0.05, 0.1) is 6.61 Å². The molecule has 24 heavy (non-hydrogen) atoms. The smallest absolute Gasteiger partial charge is 0.325 e. The zero-order valence-corrected chi connectivity index (χ0v) is 13.6. The van der Waals surface area contributed by atoms with Gasteiger partial charge in [-0.05, 0) is 55.8 Å². The molecule has 0 fully saturated rings. The minimum atomic E-state index is -0.323. The van der Waals surface area contributed by atoms with Gasteiger partial charge in [0.15, 0.2) is 0 Å². The van der Waals surface area contributed by atoms with Crippen molar-refractivity contribution >= 4 is 17.4 Å². The number of carbonyl (C=O) groups is 1. The molecule has 0 aliphatic carbocycles. The van der Waals surface area contributed by atoms with Crippen molar-refractivity contribution in [2.75, 3.05) is 18.5 Å². The van der Waals surface area contributed by atoms with Crippen LogP contribution in [-0.2, 0) is 9.53 Å². The van der Waals surface area contributed by atoms with Crippen molar-refractivity contribution in [3.05, 3.63) is 48.2 Å². The first-order valence-corrected chi connectivity index (χ1v) is 7.76. The molecule has 3 rings (SSSR count). The van der Waals surface area contributed by atoms with E-state index in [1.165, 1.54) is 0 Å². The monoisotopic (exact) mass is 325 g/mol. The Bertz CT molecular complexity index is 869. The first-order valence-electron chi connectivity index (χ1n) is 7.76. The second kappa shape index (κ2) is 6.62. The molecule has 0 amide bonds. The van der Waals surface area contributed by atoms with E-state index in [1.54, 1.807) is 31.2 Å². The Balaban J connectivity index is 2.04. The fourth-order valence-corrected chi connectivity index (χ4v) is 2.50. The van der Waals surface area contributed by atoms with Crippen LogP contribution in [0.5, 0.6) is 5.75 Å². The topological polar surface area (TPSA) is 75.9 Å². The summed E-state index contributed by atoms with van der Waals surface area (Å²) in [6, 6.07) is 10.8. The van der Waals surface area contributed by atoms with Gasteiger partial charge in [0, 0.05) is 11.8 Å². The van der Waals surface area contributed by atoms with E-state index in [0.717, 1.165) is 16.8 Å². The summed E-state index contributed by atoms with van der Waals surface area (Å²) in [6.45, 7) is 4.18. The molecule has 6 nitrogen and oxygen atoms in total. The minimum absolute atomic E-state index is 0.0561. The molecule has 6 heteroatoms. The molecule has 0 aliphatic heterocycles. The van der Waals surface area contributed by atoms with E-state index in [-0.39, 0.29) is 18.3 Å². The normalized spacial score (nSPS) is 10.8. The molecule has 3 aromatic rings. The van der Waals surface area contributed by atoms with Crippen LogP contribution >= 0.6 is 0 Å². The van der Waals surface area contributed by atoms with Crippen molar-refractivity contribution in [3.8, 4) is 17.0 Å². The highest BCUT2D eigenvalue weighted by atomic mass is 16.5. The van der Waals surface area contributed by atoms with Crippen LogP contribution in [-0.4, -0.2) is 33.6 Å². The van der Waals surface area contributed by atoms with Crippen molar-refractivity contribution < 1.29 is 14.6 Å². The van der Waals surface area contributed by atoms with Gasteiger partial charge >= 0.3 is 5.97 Å². The number of imidazole rings is 1. The lowest BCUT2D eigenvalue weighted by Crippen LogP contribution is -2.17. The Labute approximate surface area is 139 Å². The molecule has 0 radical (unpaired) electrons. The molecule has 0 bridgehead atoms. The predicted octanol–water partition coefficient (Wildman–Crippen LogP) is 2.99. The average Bonchev–Trinajstić information content (AvgIpc) is 2.91. The summed E-state index contributed by atoms with van der Waals surface area (Å²) in [5, 5.41) is 12.6. The van der Waals surface area contributed by atoms with Crippen LogP contribution in [0.2, 0.25) is 0 Å². The minimum Gasteiger partial charge on any atom is -0.508 e. The van der Waals surface area contributed by atoms with Crippen molar-refractivity contribution in [1.29, 1.82) is 0 Å². The number of rotatable bonds is 5. The summed E-state index contributed by atoms with van der Waals surface area (Å²) in [7, 11) is 0. The Morgan fingerprint density at radius 2 is 2.04 bits per heavy atom. The third-order valence-corrected chi connectivity index (χ3v) is 3.63. The van der Waals surface area contributed by atoms with Crippen LogP contribution in [0.3, 0.4) is 0 Å². The maximum Gasteiger partial charge on any atom is 0.325 e. The van der Waals surface area contributed by atoms with Crippen LogP contribution in [0.15, 0.2) is 42.6 Å². The molecular weight excluding hydrogens is 306 g/mol. The lowest BCUT2D eigenvalue weighted by molar-refractivity contribution is -0.140. The van der Waals surface area contributed by atoms with Gasteiger partial charge in [0.2, 0.25) is 0 Å². The number of pyridine rings is 1. The number of esters is 1. The maximum absolute atomic E-state index is 11.7. The number of nitrogens with one attached hydrogen (secondary N) is 1. The molecule has 1 aromatic carbocycles. The standard InChI is InChI=1S/C18H19N3O3/c1-3-24-16(23)11-19-18-17(13-4-6-14(22)7-5-13)20-15-10-12(2)8-9-21(15)18/h4-10,19,22H,3,11H2,1-2H3. The number of aromatic hydroxyl groups is 1. The number of nitrogens with zero attached hydrogens (tertiary/aromatic N) is 2. The Hall–Kier alpha value is -3.02. The number of phenolic OH excluding ortho intramolecular Hbond substituents is 1. The molecule has 0 saturated carbocycles. The number of hydrogen-bond donors (Lipinski definition) is 2. The summed E-state index contributed by atoms with van der Waals surface area (Å²) < 4.78 is 6.87. The largest absolute Gasteiger partial charge is 0.508 e. The quantitative estimate of drug-likeness (QED) is 0.705. The fraction of sp³-hybridized carbons (Fsp3) is 0.222. The zero-order chi connectivity index (χ0) is 17.1. The number of benzene rings is 1. The van der Waals surface area contributed by atoms with E-state index in [0.29, 0.717) is 18.1 Å². The maximum atomic E-state index is 11.7. The van der Waals surface area contributed by atoms with Crippen LogP contribution in [0, 0.1) is 6.92 Å². The second-order valence-corrected chi connectivity index (χ2v) is 5.45. The number of phenols is 1. The summed E-state index contributed by atoms with van der Waals surface area (Å²) in [5.41, 5.74) is 3.44. The highest BCUT2D eigenvalue weighted by molar-refractivity contribution is 5.81. The van der Waals surface area contributed by atoms with Crippen molar-refractivity contribution in [1.82, 2.24) is 9.38 Å². The summed E-state index contributed by atoms with van der Waals surface area (Å²) in [5.74, 6) is 0.583. The van der Waals surface area contributed by atoms with E-state index < -0.39 is 0 Å². The molecule has 0 atom stereocenters. The molecular formula is C18H19N3O3. The average molecular weight is 325 g/mol. The van der Waals surface area contributed by atoms with Gasteiger partial charge in [-0.2, -0.15) is 0 Å². The van der Waals surface area contributed by atoms with E-state index >= 15 is 0 Å². The number of hydrogen-bond acceptors (Lipinski definition) is 5. The molecule has 0 aliphatic rings.